The van der Waals surface area contributed by atoms with Crippen molar-refractivity contribution in [2.75, 3.05) is 32.7 Å². The van der Waals surface area contributed by atoms with Gasteiger partial charge in [0.2, 0.25) is 5.89 Å². The second-order valence-electron chi connectivity index (χ2n) is 6.11. The van der Waals surface area contributed by atoms with Gasteiger partial charge in [0.15, 0.2) is 5.82 Å². The van der Waals surface area contributed by atoms with Crippen molar-refractivity contribution >= 4 is 0 Å². The minimum Gasteiger partial charge on any atom is -0.339 e. The summed E-state index contributed by atoms with van der Waals surface area (Å²) in [6, 6.07) is 0.635. The van der Waals surface area contributed by atoms with Crippen LogP contribution in [0.25, 0.3) is 0 Å². The van der Waals surface area contributed by atoms with Crippen molar-refractivity contribution in [1.29, 1.82) is 0 Å². The molecule has 104 valence electrons. The number of hydrogen-bond donors (Lipinski definition) is 1. The number of hydrogen-bond acceptors (Lipinski definition) is 6. The Bertz CT molecular complexity index is 454. The Labute approximate surface area is 112 Å². The SMILES string of the molecule is NC1CCC(c2nc(C3CN4CCN3CC4)no2)C1. The number of nitrogens with zero attached hydrogens (tertiary/aromatic N) is 4. The zero-order valence-electron chi connectivity index (χ0n) is 11.2. The molecule has 0 amide bonds. The summed E-state index contributed by atoms with van der Waals surface area (Å²) in [5.74, 6) is 2.06. The summed E-state index contributed by atoms with van der Waals surface area (Å²) >= 11 is 0. The van der Waals surface area contributed by atoms with E-state index in [2.05, 4.69) is 19.9 Å². The first-order chi connectivity index (χ1) is 9.29. The van der Waals surface area contributed by atoms with E-state index in [0.717, 1.165) is 50.6 Å². The predicted octanol–water partition coefficient (Wildman–Crippen LogP) is 0.337. The molecule has 1 aliphatic carbocycles. The summed E-state index contributed by atoms with van der Waals surface area (Å²) in [5.41, 5.74) is 5.96. The molecule has 3 unspecified atom stereocenters. The highest BCUT2D eigenvalue weighted by Gasteiger charge is 2.36. The van der Waals surface area contributed by atoms with Crippen LogP contribution in [0, 0.1) is 0 Å². The summed E-state index contributed by atoms with van der Waals surface area (Å²) in [4.78, 5) is 9.64. The molecule has 4 heterocycles. The van der Waals surface area contributed by atoms with Crippen LogP contribution in [0.3, 0.4) is 0 Å². The number of rotatable bonds is 2. The molecule has 5 rings (SSSR count). The van der Waals surface area contributed by atoms with Gasteiger partial charge in [-0.05, 0) is 19.3 Å². The Morgan fingerprint density at radius 2 is 2.00 bits per heavy atom. The van der Waals surface area contributed by atoms with E-state index in [1.165, 1.54) is 13.1 Å². The molecule has 0 radical (unpaired) electrons. The summed E-state index contributed by atoms with van der Waals surface area (Å²) < 4.78 is 5.50. The molecule has 19 heavy (non-hydrogen) atoms. The summed E-state index contributed by atoms with van der Waals surface area (Å²) in [6.45, 7) is 5.66. The van der Waals surface area contributed by atoms with Crippen molar-refractivity contribution in [2.45, 2.75) is 37.3 Å². The normalized spacial score (nSPS) is 41.8. The fraction of sp³-hybridized carbons (Fsp3) is 0.846. The highest BCUT2D eigenvalue weighted by Crippen LogP contribution is 2.34. The maximum absolute atomic E-state index is 5.96. The molecule has 3 atom stereocenters. The van der Waals surface area contributed by atoms with Gasteiger partial charge in [-0.2, -0.15) is 4.98 Å². The quantitative estimate of drug-likeness (QED) is 0.829. The molecular weight excluding hydrogens is 242 g/mol. The third-order valence-electron chi connectivity index (χ3n) is 4.86. The van der Waals surface area contributed by atoms with E-state index >= 15 is 0 Å². The third-order valence-corrected chi connectivity index (χ3v) is 4.86. The van der Waals surface area contributed by atoms with Crippen molar-refractivity contribution < 1.29 is 4.52 Å². The molecule has 6 heteroatoms. The maximum Gasteiger partial charge on any atom is 0.229 e. The van der Waals surface area contributed by atoms with E-state index in [0.29, 0.717) is 18.0 Å². The molecule has 3 saturated heterocycles. The van der Waals surface area contributed by atoms with Crippen LogP contribution in [0.15, 0.2) is 4.52 Å². The standard InChI is InChI=1S/C13H21N5O/c14-10-2-1-9(7-10)13-15-12(16-19-13)11-8-17-3-5-18(11)6-4-17/h9-11H,1-8,14H2. The van der Waals surface area contributed by atoms with Crippen molar-refractivity contribution in [3.63, 3.8) is 0 Å². The van der Waals surface area contributed by atoms with Gasteiger partial charge in [-0.25, -0.2) is 0 Å². The predicted molar refractivity (Wildman–Crippen MR) is 69.6 cm³/mol. The van der Waals surface area contributed by atoms with Gasteiger partial charge in [0, 0.05) is 44.7 Å². The molecule has 0 aromatic carbocycles. The van der Waals surface area contributed by atoms with Crippen LogP contribution in [0.4, 0.5) is 0 Å². The Hall–Kier alpha value is -0.980. The Balaban J connectivity index is 1.52. The summed E-state index contributed by atoms with van der Waals surface area (Å²) in [6.07, 6.45) is 3.15. The van der Waals surface area contributed by atoms with Crippen molar-refractivity contribution in [3.8, 4) is 0 Å². The molecule has 1 aromatic heterocycles. The van der Waals surface area contributed by atoms with E-state index in [9.17, 15) is 0 Å². The molecule has 0 spiro atoms. The fourth-order valence-electron chi connectivity index (χ4n) is 3.65. The van der Waals surface area contributed by atoms with Gasteiger partial charge in [0.05, 0.1) is 6.04 Å². The molecular formula is C13H21N5O. The second-order valence-corrected chi connectivity index (χ2v) is 6.11. The van der Waals surface area contributed by atoms with Gasteiger partial charge in [-0.1, -0.05) is 5.16 Å². The van der Waals surface area contributed by atoms with Crippen LogP contribution in [-0.4, -0.2) is 58.7 Å². The lowest BCUT2D eigenvalue weighted by Gasteiger charge is -2.46. The molecule has 2 bridgehead atoms. The number of fused-ring (bicyclic) bond motifs is 3. The van der Waals surface area contributed by atoms with Gasteiger partial charge in [-0.3, -0.25) is 9.80 Å². The van der Waals surface area contributed by atoms with Crippen molar-refractivity contribution in [1.82, 2.24) is 19.9 Å². The minimum atomic E-state index is 0.306. The second kappa shape index (κ2) is 4.54. The van der Waals surface area contributed by atoms with Gasteiger partial charge in [0.25, 0.3) is 0 Å². The number of nitrogens with two attached hydrogens (primary N) is 1. The molecule has 2 N–H and O–H groups in total. The van der Waals surface area contributed by atoms with E-state index in [1.54, 1.807) is 0 Å². The zero-order chi connectivity index (χ0) is 12.8. The highest BCUT2D eigenvalue weighted by atomic mass is 16.5. The van der Waals surface area contributed by atoms with Crippen molar-refractivity contribution in [3.05, 3.63) is 11.7 Å². The smallest absolute Gasteiger partial charge is 0.229 e. The Morgan fingerprint density at radius 3 is 2.63 bits per heavy atom. The van der Waals surface area contributed by atoms with Crippen LogP contribution in [0.5, 0.6) is 0 Å². The topological polar surface area (TPSA) is 71.4 Å². The van der Waals surface area contributed by atoms with Gasteiger partial charge in [0.1, 0.15) is 0 Å². The number of piperazine rings is 3. The fourth-order valence-corrected chi connectivity index (χ4v) is 3.65. The van der Waals surface area contributed by atoms with Gasteiger partial charge >= 0.3 is 0 Å². The lowest BCUT2D eigenvalue weighted by molar-refractivity contribution is 0.00781. The molecule has 4 aliphatic rings. The third kappa shape index (κ3) is 2.07. The minimum absolute atomic E-state index is 0.306. The van der Waals surface area contributed by atoms with Crippen LogP contribution in [0.2, 0.25) is 0 Å². The molecule has 6 nitrogen and oxygen atoms in total. The molecule has 1 aromatic rings. The highest BCUT2D eigenvalue weighted by molar-refractivity contribution is 5.05. The lowest BCUT2D eigenvalue weighted by Crippen LogP contribution is -2.57. The maximum atomic E-state index is 5.96. The largest absolute Gasteiger partial charge is 0.339 e. The first-order valence-corrected chi connectivity index (χ1v) is 7.35. The average molecular weight is 263 g/mol. The van der Waals surface area contributed by atoms with Crippen LogP contribution in [0.1, 0.15) is 42.9 Å². The van der Waals surface area contributed by atoms with E-state index in [4.69, 9.17) is 10.3 Å². The van der Waals surface area contributed by atoms with Crippen LogP contribution < -0.4 is 5.73 Å². The van der Waals surface area contributed by atoms with E-state index < -0.39 is 0 Å². The number of aromatic nitrogens is 2. The zero-order valence-corrected chi connectivity index (χ0v) is 11.2. The molecule has 1 saturated carbocycles. The first-order valence-electron chi connectivity index (χ1n) is 7.35. The first kappa shape index (κ1) is 11.8. The van der Waals surface area contributed by atoms with E-state index in [1.807, 2.05) is 0 Å². The van der Waals surface area contributed by atoms with Gasteiger partial charge < -0.3 is 10.3 Å². The van der Waals surface area contributed by atoms with Crippen LogP contribution >= 0.6 is 0 Å². The summed E-state index contributed by atoms with van der Waals surface area (Å²) in [7, 11) is 0. The van der Waals surface area contributed by atoms with Crippen LogP contribution in [-0.2, 0) is 0 Å². The average Bonchev–Trinajstić information content (AvgIpc) is 3.08. The Kier molecular flexibility index (Phi) is 2.82. The summed E-state index contributed by atoms with van der Waals surface area (Å²) in [5, 5.41) is 4.23. The van der Waals surface area contributed by atoms with Crippen molar-refractivity contribution in [2.24, 2.45) is 5.73 Å². The monoisotopic (exact) mass is 263 g/mol. The van der Waals surface area contributed by atoms with Gasteiger partial charge in [-0.15, -0.1) is 0 Å². The lowest BCUT2D eigenvalue weighted by atomic mass is 10.1. The molecule has 4 fully saturated rings. The molecule has 3 aliphatic heterocycles. The van der Waals surface area contributed by atoms with E-state index in [-0.39, 0.29) is 0 Å². The Morgan fingerprint density at radius 1 is 1.16 bits per heavy atom.